The molecule has 20 heavy (non-hydrogen) atoms. The van der Waals surface area contributed by atoms with Gasteiger partial charge in [0.25, 0.3) is 0 Å². The van der Waals surface area contributed by atoms with Crippen molar-refractivity contribution in [2.45, 2.75) is 13.3 Å². The summed E-state index contributed by atoms with van der Waals surface area (Å²) in [5.41, 5.74) is 3.96. The molecule has 2 nitrogen and oxygen atoms in total. The maximum atomic E-state index is 11.9. The normalized spacial score (nSPS) is 11.2. The topological polar surface area (TPSA) is 26.3 Å². The lowest BCUT2D eigenvalue weighted by Gasteiger charge is -2.06. The van der Waals surface area contributed by atoms with Gasteiger partial charge in [-0.05, 0) is 24.1 Å². The summed E-state index contributed by atoms with van der Waals surface area (Å²) in [5.74, 6) is -0.283. The molecule has 0 bridgehead atoms. The van der Waals surface area contributed by atoms with Crippen LogP contribution < -0.4 is 0 Å². The molecule has 0 saturated heterocycles. The first-order valence-corrected chi connectivity index (χ1v) is 6.58. The van der Waals surface area contributed by atoms with Crippen molar-refractivity contribution in [1.82, 2.24) is 0 Å². The van der Waals surface area contributed by atoms with Gasteiger partial charge in [0.15, 0.2) is 0 Å². The largest absolute Gasteiger partial charge is 0.466 e. The van der Waals surface area contributed by atoms with Gasteiger partial charge in [-0.1, -0.05) is 60.2 Å². The van der Waals surface area contributed by atoms with E-state index in [4.69, 9.17) is 4.74 Å². The van der Waals surface area contributed by atoms with Crippen molar-refractivity contribution in [3.05, 3.63) is 76.9 Å². The maximum absolute atomic E-state index is 11.9. The quantitative estimate of drug-likeness (QED) is 0.621. The zero-order valence-electron chi connectivity index (χ0n) is 11.8. The van der Waals surface area contributed by atoms with Crippen LogP contribution in [0.3, 0.4) is 0 Å². The Morgan fingerprint density at radius 3 is 2.30 bits per heavy atom. The van der Waals surface area contributed by atoms with Crippen molar-refractivity contribution in [1.29, 1.82) is 0 Å². The standard InChI is InChI=1S/C18H18O2/c1-14-8-10-16(11-9-14)13-17(18(19)20-2)12-15-6-4-3-5-7-15/h3-12H,13H2,1-2H3/b17-12+. The summed E-state index contributed by atoms with van der Waals surface area (Å²) in [6, 6.07) is 18.0. The molecular weight excluding hydrogens is 248 g/mol. The van der Waals surface area contributed by atoms with Gasteiger partial charge < -0.3 is 4.74 Å². The van der Waals surface area contributed by atoms with Crippen LogP contribution in [0.1, 0.15) is 16.7 Å². The van der Waals surface area contributed by atoms with Crippen LogP contribution in [0, 0.1) is 6.92 Å². The van der Waals surface area contributed by atoms with Crippen molar-refractivity contribution in [2.75, 3.05) is 7.11 Å². The number of aryl methyl sites for hydroxylation is 1. The molecule has 0 spiro atoms. The van der Waals surface area contributed by atoms with Gasteiger partial charge in [-0.3, -0.25) is 0 Å². The number of carbonyl (C=O) groups excluding carboxylic acids is 1. The van der Waals surface area contributed by atoms with Gasteiger partial charge in [-0.15, -0.1) is 0 Å². The summed E-state index contributed by atoms with van der Waals surface area (Å²) in [6.07, 6.45) is 2.45. The first kappa shape index (κ1) is 14.1. The number of hydrogen-bond donors (Lipinski definition) is 0. The van der Waals surface area contributed by atoms with Crippen LogP contribution in [0.2, 0.25) is 0 Å². The molecule has 0 unspecified atom stereocenters. The average molecular weight is 266 g/mol. The van der Waals surface area contributed by atoms with Crippen molar-refractivity contribution >= 4 is 12.0 Å². The number of esters is 1. The van der Waals surface area contributed by atoms with Gasteiger partial charge in [0.2, 0.25) is 0 Å². The average Bonchev–Trinajstić information content (AvgIpc) is 2.49. The molecule has 102 valence electrons. The lowest BCUT2D eigenvalue weighted by molar-refractivity contribution is -0.136. The smallest absolute Gasteiger partial charge is 0.334 e. The highest BCUT2D eigenvalue weighted by molar-refractivity contribution is 5.94. The Hall–Kier alpha value is -2.35. The molecule has 0 heterocycles. The minimum Gasteiger partial charge on any atom is -0.466 e. The lowest BCUT2D eigenvalue weighted by Crippen LogP contribution is -2.07. The number of benzene rings is 2. The third kappa shape index (κ3) is 3.82. The molecule has 0 aromatic heterocycles. The van der Waals surface area contributed by atoms with Crippen molar-refractivity contribution < 1.29 is 9.53 Å². The van der Waals surface area contributed by atoms with Crippen LogP contribution in [0.15, 0.2) is 60.2 Å². The molecule has 0 aliphatic heterocycles. The van der Waals surface area contributed by atoms with E-state index in [0.717, 1.165) is 11.1 Å². The van der Waals surface area contributed by atoms with Gasteiger partial charge in [-0.2, -0.15) is 0 Å². The summed E-state index contributed by atoms with van der Waals surface area (Å²) in [5, 5.41) is 0. The lowest BCUT2D eigenvalue weighted by atomic mass is 10.0. The van der Waals surface area contributed by atoms with Crippen molar-refractivity contribution in [3.8, 4) is 0 Å². The summed E-state index contributed by atoms with van der Waals surface area (Å²) >= 11 is 0. The minimum atomic E-state index is -0.283. The van der Waals surface area contributed by atoms with E-state index in [2.05, 4.69) is 0 Å². The highest BCUT2D eigenvalue weighted by Crippen LogP contribution is 2.14. The van der Waals surface area contributed by atoms with Gasteiger partial charge >= 0.3 is 5.97 Å². The third-order valence-corrected chi connectivity index (χ3v) is 3.10. The number of carbonyl (C=O) groups is 1. The molecule has 2 rings (SSSR count). The number of methoxy groups -OCH3 is 1. The number of hydrogen-bond acceptors (Lipinski definition) is 2. The Labute approximate surface area is 119 Å². The van der Waals surface area contributed by atoms with E-state index < -0.39 is 0 Å². The van der Waals surface area contributed by atoms with Crippen molar-refractivity contribution in [2.24, 2.45) is 0 Å². The Morgan fingerprint density at radius 1 is 1.05 bits per heavy atom. The molecule has 2 aromatic rings. The molecule has 0 fully saturated rings. The Morgan fingerprint density at radius 2 is 1.70 bits per heavy atom. The minimum absolute atomic E-state index is 0.283. The first-order valence-electron chi connectivity index (χ1n) is 6.58. The number of rotatable bonds is 4. The maximum Gasteiger partial charge on any atom is 0.334 e. The molecule has 0 saturated carbocycles. The molecule has 0 atom stereocenters. The first-order chi connectivity index (χ1) is 9.69. The van der Waals surface area contributed by atoms with Crippen LogP contribution in [-0.4, -0.2) is 13.1 Å². The van der Waals surface area contributed by atoms with Gasteiger partial charge in [0.05, 0.1) is 7.11 Å². The predicted molar refractivity (Wildman–Crippen MR) is 81.3 cm³/mol. The van der Waals surface area contributed by atoms with E-state index in [9.17, 15) is 4.79 Å². The summed E-state index contributed by atoms with van der Waals surface area (Å²) in [7, 11) is 1.41. The van der Waals surface area contributed by atoms with Crippen LogP contribution >= 0.6 is 0 Å². The van der Waals surface area contributed by atoms with Gasteiger partial charge in [0.1, 0.15) is 0 Å². The Bertz CT molecular complexity index is 595. The van der Waals surface area contributed by atoms with Crippen LogP contribution in [0.5, 0.6) is 0 Å². The predicted octanol–water partition coefficient (Wildman–Crippen LogP) is 3.79. The fourth-order valence-corrected chi connectivity index (χ4v) is 1.99. The second-order valence-electron chi connectivity index (χ2n) is 4.73. The summed E-state index contributed by atoms with van der Waals surface area (Å²) in [4.78, 5) is 11.9. The number of ether oxygens (including phenoxy) is 1. The van der Waals surface area contributed by atoms with E-state index in [1.807, 2.05) is 67.6 Å². The Balaban J connectivity index is 2.26. The zero-order chi connectivity index (χ0) is 14.4. The van der Waals surface area contributed by atoms with Gasteiger partial charge in [0, 0.05) is 12.0 Å². The second-order valence-corrected chi connectivity index (χ2v) is 4.73. The van der Waals surface area contributed by atoms with Gasteiger partial charge in [-0.25, -0.2) is 4.79 Å². The highest BCUT2D eigenvalue weighted by atomic mass is 16.5. The summed E-state index contributed by atoms with van der Waals surface area (Å²) < 4.78 is 4.87. The van der Waals surface area contributed by atoms with E-state index in [-0.39, 0.29) is 5.97 Å². The van der Waals surface area contributed by atoms with E-state index in [0.29, 0.717) is 12.0 Å². The molecule has 2 aromatic carbocycles. The highest BCUT2D eigenvalue weighted by Gasteiger charge is 2.10. The fraction of sp³-hybridized carbons (Fsp3) is 0.167. The van der Waals surface area contributed by atoms with E-state index >= 15 is 0 Å². The van der Waals surface area contributed by atoms with Crippen molar-refractivity contribution in [3.63, 3.8) is 0 Å². The fourth-order valence-electron chi connectivity index (χ4n) is 1.99. The van der Waals surface area contributed by atoms with E-state index in [1.54, 1.807) is 0 Å². The van der Waals surface area contributed by atoms with Crippen LogP contribution in [-0.2, 0) is 16.0 Å². The molecule has 0 aliphatic carbocycles. The molecule has 2 heteroatoms. The molecule has 0 amide bonds. The summed E-state index contributed by atoms with van der Waals surface area (Å²) in [6.45, 7) is 2.05. The Kier molecular flexibility index (Phi) is 4.72. The van der Waals surface area contributed by atoms with Crippen LogP contribution in [0.4, 0.5) is 0 Å². The molecule has 0 N–H and O–H groups in total. The monoisotopic (exact) mass is 266 g/mol. The van der Waals surface area contributed by atoms with E-state index in [1.165, 1.54) is 12.7 Å². The third-order valence-electron chi connectivity index (χ3n) is 3.10. The molecule has 0 radical (unpaired) electrons. The SMILES string of the molecule is COC(=O)/C(=C/c1ccccc1)Cc1ccc(C)cc1. The zero-order valence-corrected chi connectivity index (χ0v) is 11.8. The molecular formula is C18H18O2. The second kappa shape index (κ2) is 6.71. The molecule has 0 aliphatic rings. The van der Waals surface area contributed by atoms with Crippen LogP contribution in [0.25, 0.3) is 6.08 Å².